The third-order valence-electron chi connectivity index (χ3n) is 8.24. The summed E-state index contributed by atoms with van der Waals surface area (Å²) in [5.41, 5.74) is 0. The summed E-state index contributed by atoms with van der Waals surface area (Å²) in [6, 6.07) is 0. The molecule has 0 spiro atoms. The molecule has 0 aliphatic heterocycles. The summed E-state index contributed by atoms with van der Waals surface area (Å²) in [6.45, 7) is 0. The summed E-state index contributed by atoms with van der Waals surface area (Å²) in [5.74, 6) is 7.47. The van der Waals surface area contributed by atoms with Crippen LogP contribution >= 0.6 is 0 Å². The molecule has 4 bridgehead atoms. The van der Waals surface area contributed by atoms with Crippen molar-refractivity contribution in [3.8, 4) is 0 Å². The topological polar surface area (TPSA) is 9.23 Å². The van der Waals surface area contributed by atoms with Crippen molar-refractivity contribution < 1.29 is 4.74 Å². The van der Waals surface area contributed by atoms with E-state index < -0.39 is 0 Å². The molecule has 0 heterocycles. The van der Waals surface area contributed by atoms with Gasteiger partial charge in [-0.3, -0.25) is 0 Å². The Bertz CT molecular complexity index is 474. The molecule has 0 aromatic carbocycles. The van der Waals surface area contributed by atoms with E-state index in [-0.39, 0.29) is 0 Å². The second-order valence-electron chi connectivity index (χ2n) is 8.81. The van der Waals surface area contributed by atoms with Crippen LogP contribution < -0.4 is 0 Å². The van der Waals surface area contributed by atoms with Crippen molar-refractivity contribution in [2.75, 3.05) is 0 Å². The molecule has 21 heavy (non-hydrogen) atoms. The van der Waals surface area contributed by atoms with Crippen molar-refractivity contribution in [1.82, 2.24) is 0 Å². The smallest absolute Gasteiger partial charge is 0.0613 e. The lowest BCUT2D eigenvalue weighted by Crippen LogP contribution is -2.38. The first kappa shape index (κ1) is 11.9. The molecule has 0 amide bonds. The summed E-state index contributed by atoms with van der Waals surface area (Å²) in [4.78, 5) is 0. The van der Waals surface area contributed by atoms with Crippen LogP contribution in [0.15, 0.2) is 24.3 Å². The fourth-order valence-electron chi connectivity index (χ4n) is 7.53. The first-order valence-corrected chi connectivity index (χ1v) is 9.37. The maximum atomic E-state index is 6.80. The molecule has 0 aromatic heterocycles. The van der Waals surface area contributed by atoms with E-state index >= 15 is 0 Å². The van der Waals surface area contributed by atoms with E-state index in [1.807, 2.05) is 0 Å². The highest BCUT2D eigenvalue weighted by atomic mass is 16.5. The zero-order chi connectivity index (χ0) is 13.6. The Hall–Kier alpha value is -0.560. The SMILES string of the molecule is C1=CC2C3CC(OC4CC5CC4C4CC=CC54)C(C3)C2C1. The Morgan fingerprint density at radius 2 is 1.14 bits per heavy atom. The minimum atomic E-state index is 0.619. The Morgan fingerprint density at radius 1 is 0.619 bits per heavy atom. The van der Waals surface area contributed by atoms with Gasteiger partial charge in [-0.1, -0.05) is 24.3 Å². The molecule has 1 heteroatoms. The maximum absolute atomic E-state index is 6.80. The van der Waals surface area contributed by atoms with E-state index in [0.29, 0.717) is 12.2 Å². The van der Waals surface area contributed by atoms with Crippen LogP contribution in [0, 0.1) is 47.3 Å². The summed E-state index contributed by atoms with van der Waals surface area (Å²) < 4.78 is 6.80. The standard InChI is InChI=1S/C20H26O/c1-3-13-11-7-17(15(13)5-1)19(9-11)21-20-10-12-8-18(20)16-6-2-4-14(12)16/h1-4,11-20H,5-10H2. The van der Waals surface area contributed by atoms with Gasteiger partial charge in [0.25, 0.3) is 0 Å². The molecule has 10 unspecified atom stereocenters. The van der Waals surface area contributed by atoms with Crippen molar-refractivity contribution in [3.63, 3.8) is 0 Å². The molecule has 4 saturated carbocycles. The molecule has 0 saturated heterocycles. The first-order valence-electron chi connectivity index (χ1n) is 9.37. The average molecular weight is 282 g/mol. The predicted molar refractivity (Wildman–Crippen MR) is 82.6 cm³/mol. The Labute approximate surface area is 127 Å². The van der Waals surface area contributed by atoms with Gasteiger partial charge in [-0.15, -0.1) is 0 Å². The van der Waals surface area contributed by atoms with Gasteiger partial charge in [-0.05, 0) is 85.9 Å². The van der Waals surface area contributed by atoms with E-state index in [2.05, 4.69) is 24.3 Å². The van der Waals surface area contributed by atoms with E-state index in [0.717, 1.165) is 47.3 Å². The lowest BCUT2D eigenvalue weighted by atomic mass is 9.78. The van der Waals surface area contributed by atoms with Crippen molar-refractivity contribution in [1.29, 1.82) is 0 Å². The van der Waals surface area contributed by atoms with Gasteiger partial charge in [-0.2, -0.15) is 0 Å². The third kappa shape index (κ3) is 1.47. The van der Waals surface area contributed by atoms with Gasteiger partial charge in [0.15, 0.2) is 0 Å². The van der Waals surface area contributed by atoms with Crippen LogP contribution in [0.5, 0.6) is 0 Å². The van der Waals surface area contributed by atoms with Crippen LogP contribution in [0.4, 0.5) is 0 Å². The number of hydrogen-bond donors (Lipinski definition) is 0. The van der Waals surface area contributed by atoms with Crippen LogP contribution in [0.25, 0.3) is 0 Å². The molecule has 1 nitrogen and oxygen atoms in total. The van der Waals surface area contributed by atoms with Gasteiger partial charge < -0.3 is 4.74 Å². The molecule has 0 N–H and O–H groups in total. The minimum absolute atomic E-state index is 0.619. The van der Waals surface area contributed by atoms with Crippen molar-refractivity contribution in [3.05, 3.63) is 24.3 Å². The summed E-state index contributed by atoms with van der Waals surface area (Å²) >= 11 is 0. The van der Waals surface area contributed by atoms with Crippen molar-refractivity contribution in [2.24, 2.45) is 47.3 Å². The Morgan fingerprint density at radius 3 is 1.67 bits per heavy atom. The Balaban J connectivity index is 1.18. The number of ether oxygens (including phenoxy) is 1. The summed E-state index contributed by atoms with van der Waals surface area (Å²) in [6.07, 6.45) is 19.6. The van der Waals surface area contributed by atoms with Crippen LogP contribution in [-0.4, -0.2) is 12.2 Å². The monoisotopic (exact) mass is 282 g/mol. The number of allylic oxidation sites excluding steroid dienone is 4. The first-order chi connectivity index (χ1) is 10.4. The third-order valence-corrected chi connectivity index (χ3v) is 8.24. The summed E-state index contributed by atoms with van der Waals surface area (Å²) in [5, 5.41) is 0. The van der Waals surface area contributed by atoms with E-state index in [9.17, 15) is 0 Å². The zero-order valence-corrected chi connectivity index (χ0v) is 12.7. The molecular formula is C20H26O. The highest BCUT2D eigenvalue weighted by Crippen LogP contribution is 2.61. The molecule has 0 aromatic rings. The van der Waals surface area contributed by atoms with E-state index in [4.69, 9.17) is 4.74 Å². The highest BCUT2D eigenvalue weighted by Gasteiger charge is 2.57. The normalized spacial score (nSPS) is 61.9. The molecule has 6 aliphatic carbocycles. The quantitative estimate of drug-likeness (QED) is 0.690. The largest absolute Gasteiger partial charge is 0.374 e. The predicted octanol–water partition coefficient (Wildman–Crippen LogP) is 4.20. The molecule has 10 atom stereocenters. The maximum Gasteiger partial charge on any atom is 0.0613 e. The van der Waals surface area contributed by atoms with E-state index in [1.165, 1.54) is 38.5 Å². The van der Waals surface area contributed by atoms with Crippen molar-refractivity contribution >= 4 is 0 Å². The summed E-state index contributed by atoms with van der Waals surface area (Å²) in [7, 11) is 0. The molecule has 6 rings (SSSR count). The Kier molecular flexibility index (Phi) is 2.30. The van der Waals surface area contributed by atoms with Gasteiger partial charge >= 0.3 is 0 Å². The van der Waals surface area contributed by atoms with Gasteiger partial charge in [0.2, 0.25) is 0 Å². The van der Waals surface area contributed by atoms with Gasteiger partial charge in [0, 0.05) is 0 Å². The lowest BCUT2D eigenvalue weighted by Gasteiger charge is -2.37. The lowest BCUT2D eigenvalue weighted by molar-refractivity contribution is -0.0879. The van der Waals surface area contributed by atoms with Crippen LogP contribution in [0.2, 0.25) is 0 Å². The second kappa shape index (κ2) is 4.04. The van der Waals surface area contributed by atoms with Crippen LogP contribution in [-0.2, 0) is 4.74 Å². The van der Waals surface area contributed by atoms with Gasteiger partial charge in [0.1, 0.15) is 0 Å². The molecule has 0 radical (unpaired) electrons. The number of fused-ring (bicyclic) bond motifs is 10. The molecule has 112 valence electrons. The van der Waals surface area contributed by atoms with Gasteiger partial charge in [-0.25, -0.2) is 0 Å². The molecular weight excluding hydrogens is 256 g/mol. The fraction of sp³-hybridized carbons (Fsp3) is 0.800. The van der Waals surface area contributed by atoms with E-state index in [1.54, 1.807) is 0 Å². The highest BCUT2D eigenvalue weighted by molar-refractivity contribution is 5.16. The minimum Gasteiger partial charge on any atom is -0.374 e. The van der Waals surface area contributed by atoms with Gasteiger partial charge in [0.05, 0.1) is 12.2 Å². The van der Waals surface area contributed by atoms with Crippen LogP contribution in [0.3, 0.4) is 0 Å². The number of hydrogen-bond acceptors (Lipinski definition) is 1. The fourth-order valence-corrected chi connectivity index (χ4v) is 7.53. The zero-order valence-electron chi connectivity index (χ0n) is 12.7. The second-order valence-corrected chi connectivity index (χ2v) is 8.81. The number of rotatable bonds is 2. The molecule has 6 aliphatic rings. The average Bonchev–Trinajstić information content (AvgIpc) is 3.26. The van der Waals surface area contributed by atoms with Crippen molar-refractivity contribution in [2.45, 2.75) is 50.7 Å². The van der Waals surface area contributed by atoms with Crippen LogP contribution in [0.1, 0.15) is 38.5 Å². The molecule has 4 fully saturated rings.